The minimum Gasteiger partial charge on any atom is -0.497 e. The molecule has 1 aliphatic rings. The topological polar surface area (TPSA) is 36.5 Å². The molecule has 1 aliphatic heterocycles. The molecule has 0 radical (unpaired) electrons. The van der Waals surface area contributed by atoms with Gasteiger partial charge in [0.15, 0.2) is 5.11 Å². The summed E-state index contributed by atoms with van der Waals surface area (Å²) in [5.74, 6) is 0.395. The van der Waals surface area contributed by atoms with Gasteiger partial charge < -0.3 is 15.4 Å². The molecule has 27 heavy (non-hydrogen) atoms. The van der Waals surface area contributed by atoms with Crippen LogP contribution < -0.4 is 15.4 Å². The van der Waals surface area contributed by atoms with E-state index in [4.69, 9.17) is 28.6 Å². The molecule has 2 aromatic carbocycles. The van der Waals surface area contributed by atoms with Crippen molar-refractivity contribution in [2.24, 2.45) is 0 Å². The van der Waals surface area contributed by atoms with E-state index in [0.717, 1.165) is 18.8 Å². The van der Waals surface area contributed by atoms with Crippen LogP contribution in [-0.2, 0) is 0 Å². The highest BCUT2D eigenvalue weighted by atomic mass is 35.5. The van der Waals surface area contributed by atoms with Crippen LogP contribution in [0.1, 0.15) is 24.4 Å². The summed E-state index contributed by atoms with van der Waals surface area (Å²) in [6.45, 7) is 2.82. The molecule has 0 aromatic heterocycles. The maximum atomic E-state index is 13.3. The number of rotatable bonds is 6. The Morgan fingerprint density at radius 3 is 2.56 bits per heavy atom. The molecule has 0 spiro atoms. The normalized spacial score (nSPS) is 15.4. The van der Waals surface area contributed by atoms with E-state index in [1.54, 1.807) is 13.2 Å². The highest BCUT2D eigenvalue weighted by Crippen LogP contribution is 2.26. The molecular formula is C20H23ClFN3OS. The molecule has 0 saturated carbocycles. The van der Waals surface area contributed by atoms with E-state index in [-0.39, 0.29) is 11.1 Å². The number of anilines is 1. The zero-order valence-electron chi connectivity index (χ0n) is 15.2. The van der Waals surface area contributed by atoms with E-state index in [9.17, 15) is 4.39 Å². The van der Waals surface area contributed by atoms with Crippen LogP contribution in [0.4, 0.5) is 10.1 Å². The molecule has 0 aliphatic carbocycles. The van der Waals surface area contributed by atoms with Crippen LogP contribution in [0, 0.1) is 5.82 Å². The minimum absolute atomic E-state index is 0.0657. The van der Waals surface area contributed by atoms with Crippen molar-refractivity contribution in [3.63, 3.8) is 0 Å². The van der Waals surface area contributed by atoms with Crippen molar-refractivity contribution in [3.8, 4) is 5.75 Å². The largest absolute Gasteiger partial charge is 0.497 e. The predicted octanol–water partition coefficient (Wildman–Crippen LogP) is 4.61. The lowest BCUT2D eigenvalue weighted by Gasteiger charge is -2.29. The zero-order chi connectivity index (χ0) is 19.2. The van der Waals surface area contributed by atoms with Crippen molar-refractivity contribution in [3.05, 3.63) is 58.9 Å². The second-order valence-electron chi connectivity index (χ2n) is 6.50. The van der Waals surface area contributed by atoms with Gasteiger partial charge in [-0.05, 0) is 74.0 Å². The molecule has 4 nitrogen and oxygen atoms in total. The number of halogens is 2. The Kier molecular flexibility index (Phi) is 6.88. The summed E-state index contributed by atoms with van der Waals surface area (Å²) in [6, 6.07) is 12.8. The molecule has 0 amide bonds. The van der Waals surface area contributed by atoms with Crippen molar-refractivity contribution < 1.29 is 9.13 Å². The van der Waals surface area contributed by atoms with E-state index in [1.165, 1.54) is 30.5 Å². The quantitative estimate of drug-likeness (QED) is 0.684. The van der Waals surface area contributed by atoms with Crippen LogP contribution in [-0.4, -0.2) is 36.8 Å². The Bertz CT molecular complexity index is 781. The SMILES string of the molecule is COc1ccc([C@H](CNC(=S)Nc2ccc(F)c(Cl)c2)N2CCCC2)cc1. The van der Waals surface area contributed by atoms with Crippen LogP contribution in [0.15, 0.2) is 42.5 Å². The summed E-state index contributed by atoms with van der Waals surface area (Å²) in [5, 5.41) is 6.88. The number of hydrogen-bond acceptors (Lipinski definition) is 3. The second kappa shape index (κ2) is 9.35. The third-order valence-corrected chi connectivity index (χ3v) is 5.25. The van der Waals surface area contributed by atoms with E-state index >= 15 is 0 Å². The smallest absolute Gasteiger partial charge is 0.170 e. The van der Waals surface area contributed by atoms with Gasteiger partial charge in [-0.25, -0.2) is 4.39 Å². The van der Waals surface area contributed by atoms with Crippen molar-refractivity contribution >= 4 is 34.6 Å². The van der Waals surface area contributed by atoms with Gasteiger partial charge in [0.25, 0.3) is 0 Å². The lowest BCUT2D eigenvalue weighted by Crippen LogP contribution is -2.38. The van der Waals surface area contributed by atoms with Gasteiger partial charge in [-0.15, -0.1) is 0 Å². The molecular weight excluding hydrogens is 385 g/mol. The average Bonchev–Trinajstić information content (AvgIpc) is 3.20. The van der Waals surface area contributed by atoms with E-state index in [2.05, 4.69) is 27.7 Å². The van der Waals surface area contributed by atoms with E-state index in [0.29, 0.717) is 17.3 Å². The van der Waals surface area contributed by atoms with Gasteiger partial charge in [0.2, 0.25) is 0 Å². The van der Waals surface area contributed by atoms with Gasteiger partial charge in [0, 0.05) is 12.2 Å². The average molecular weight is 408 g/mol. The number of thiocarbonyl (C=S) groups is 1. The number of ether oxygens (including phenoxy) is 1. The van der Waals surface area contributed by atoms with Crippen LogP contribution in [0.2, 0.25) is 5.02 Å². The van der Waals surface area contributed by atoms with Gasteiger partial charge in [-0.1, -0.05) is 23.7 Å². The molecule has 144 valence electrons. The fourth-order valence-corrected chi connectivity index (χ4v) is 3.66. The Balaban J connectivity index is 1.64. The first-order valence-electron chi connectivity index (χ1n) is 8.94. The Hall–Kier alpha value is -1.89. The summed E-state index contributed by atoms with van der Waals surface area (Å²) in [7, 11) is 1.67. The molecule has 1 heterocycles. The van der Waals surface area contributed by atoms with Gasteiger partial charge in [0.05, 0.1) is 18.2 Å². The van der Waals surface area contributed by atoms with Crippen molar-refractivity contribution in [2.75, 3.05) is 32.1 Å². The van der Waals surface area contributed by atoms with Crippen LogP contribution in [0.5, 0.6) is 5.75 Å². The lowest BCUT2D eigenvalue weighted by molar-refractivity contribution is 0.246. The number of likely N-dealkylation sites (tertiary alicyclic amines) is 1. The van der Waals surface area contributed by atoms with Crippen molar-refractivity contribution in [2.45, 2.75) is 18.9 Å². The summed E-state index contributed by atoms with van der Waals surface area (Å²) < 4.78 is 18.5. The predicted molar refractivity (Wildman–Crippen MR) is 112 cm³/mol. The van der Waals surface area contributed by atoms with Gasteiger partial charge in [-0.3, -0.25) is 4.90 Å². The van der Waals surface area contributed by atoms with Crippen LogP contribution in [0.25, 0.3) is 0 Å². The third-order valence-electron chi connectivity index (χ3n) is 4.72. The summed E-state index contributed by atoms with van der Waals surface area (Å²) in [5.41, 5.74) is 1.87. The Labute approximate surface area is 169 Å². The number of nitrogens with zero attached hydrogens (tertiary/aromatic N) is 1. The number of nitrogens with one attached hydrogen (secondary N) is 2. The standard InChI is InChI=1S/C20H23ClFN3OS/c1-26-16-7-4-14(5-8-16)19(25-10-2-3-11-25)13-23-20(27)24-15-6-9-18(22)17(21)12-15/h4-9,12,19H,2-3,10-11,13H2,1H3,(H2,23,24,27)/t19-/m0/s1. The lowest BCUT2D eigenvalue weighted by atomic mass is 10.1. The minimum atomic E-state index is -0.449. The zero-order valence-corrected chi connectivity index (χ0v) is 16.7. The molecule has 7 heteroatoms. The first-order valence-corrected chi connectivity index (χ1v) is 9.73. The Morgan fingerprint density at radius 1 is 1.22 bits per heavy atom. The van der Waals surface area contributed by atoms with Crippen LogP contribution in [0.3, 0.4) is 0 Å². The molecule has 2 aromatic rings. The highest BCUT2D eigenvalue weighted by molar-refractivity contribution is 7.80. The molecule has 2 N–H and O–H groups in total. The monoisotopic (exact) mass is 407 g/mol. The summed E-state index contributed by atoms with van der Waals surface area (Å²) in [6.07, 6.45) is 2.42. The second-order valence-corrected chi connectivity index (χ2v) is 7.31. The van der Waals surface area contributed by atoms with Gasteiger partial charge >= 0.3 is 0 Å². The van der Waals surface area contributed by atoms with Gasteiger partial charge in [-0.2, -0.15) is 0 Å². The van der Waals surface area contributed by atoms with E-state index < -0.39 is 5.82 Å². The number of methoxy groups -OCH3 is 1. The molecule has 0 unspecified atom stereocenters. The molecule has 0 bridgehead atoms. The van der Waals surface area contributed by atoms with Gasteiger partial charge in [0.1, 0.15) is 11.6 Å². The summed E-state index contributed by atoms with van der Waals surface area (Å²) >= 11 is 11.2. The number of benzene rings is 2. The molecule has 1 atom stereocenters. The maximum Gasteiger partial charge on any atom is 0.170 e. The third kappa shape index (κ3) is 5.31. The number of hydrogen-bond donors (Lipinski definition) is 2. The van der Waals surface area contributed by atoms with Crippen molar-refractivity contribution in [1.29, 1.82) is 0 Å². The molecule has 3 rings (SSSR count). The molecule has 1 fully saturated rings. The first-order chi connectivity index (χ1) is 13.1. The van der Waals surface area contributed by atoms with Crippen molar-refractivity contribution in [1.82, 2.24) is 10.2 Å². The van der Waals surface area contributed by atoms with Crippen LogP contribution >= 0.6 is 23.8 Å². The highest BCUT2D eigenvalue weighted by Gasteiger charge is 2.23. The Morgan fingerprint density at radius 2 is 1.93 bits per heavy atom. The summed E-state index contributed by atoms with van der Waals surface area (Å²) in [4.78, 5) is 2.46. The fourth-order valence-electron chi connectivity index (χ4n) is 3.28. The first kappa shape index (κ1) is 19.9. The molecule has 1 saturated heterocycles. The van der Waals surface area contributed by atoms with E-state index in [1.807, 2.05) is 12.1 Å². The maximum absolute atomic E-state index is 13.3. The fraction of sp³-hybridized carbons (Fsp3) is 0.350.